The lowest BCUT2D eigenvalue weighted by molar-refractivity contribution is 0.554. The first-order valence-corrected chi connectivity index (χ1v) is 7.64. The van der Waals surface area contributed by atoms with Crippen molar-refractivity contribution >= 4 is 27.5 Å². The van der Waals surface area contributed by atoms with Crippen LogP contribution in [0.25, 0.3) is 0 Å². The molecule has 0 aliphatic rings. The van der Waals surface area contributed by atoms with Crippen LogP contribution in [0.1, 0.15) is 12.0 Å². The molecule has 112 valence electrons. The summed E-state index contributed by atoms with van der Waals surface area (Å²) in [6.45, 7) is 1.07. The van der Waals surface area contributed by atoms with Crippen molar-refractivity contribution in [1.29, 1.82) is 0 Å². The highest BCUT2D eigenvalue weighted by Gasteiger charge is 2.07. The van der Waals surface area contributed by atoms with E-state index in [9.17, 15) is 9.59 Å². The van der Waals surface area contributed by atoms with Crippen molar-refractivity contribution in [3.05, 3.63) is 66.4 Å². The fourth-order valence-corrected chi connectivity index (χ4v) is 2.70. The highest BCUT2D eigenvalue weighted by Crippen LogP contribution is 2.21. The van der Waals surface area contributed by atoms with E-state index in [4.69, 9.17) is 17.3 Å². The molecule has 1 aromatic carbocycles. The van der Waals surface area contributed by atoms with E-state index in [1.54, 1.807) is 6.07 Å². The van der Waals surface area contributed by atoms with Crippen molar-refractivity contribution in [3.8, 4) is 0 Å². The SMILES string of the molecule is NCCCn1c(=O)ccn(Cc2ccc(Br)cc2Cl)c1=O. The van der Waals surface area contributed by atoms with Gasteiger partial charge < -0.3 is 5.73 Å². The van der Waals surface area contributed by atoms with Gasteiger partial charge in [-0.3, -0.25) is 13.9 Å². The summed E-state index contributed by atoms with van der Waals surface area (Å²) in [6, 6.07) is 6.85. The first kappa shape index (κ1) is 16.0. The number of nitrogens with zero attached hydrogens (tertiary/aromatic N) is 2. The summed E-state index contributed by atoms with van der Waals surface area (Å²) in [5.74, 6) is 0. The summed E-state index contributed by atoms with van der Waals surface area (Å²) in [6.07, 6.45) is 2.07. The summed E-state index contributed by atoms with van der Waals surface area (Å²) < 4.78 is 3.53. The van der Waals surface area contributed by atoms with Crippen molar-refractivity contribution in [1.82, 2.24) is 9.13 Å². The van der Waals surface area contributed by atoms with E-state index in [1.165, 1.54) is 21.4 Å². The number of aromatic nitrogens is 2. The Balaban J connectivity index is 2.36. The van der Waals surface area contributed by atoms with Crippen LogP contribution >= 0.6 is 27.5 Å². The first-order valence-electron chi connectivity index (χ1n) is 6.47. The van der Waals surface area contributed by atoms with Crippen molar-refractivity contribution in [2.24, 2.45) is 5.73 Å². The molecular weight excluding hydrogens is 358 g/mol. The lowest BCUT2D eigenvalue weighted by Crippen LogP contribution is -2.39. The lowest BCUT2D eigenvalue weighted by Gasteiger charge is -2.11. The van der Waals surface area contributed by atoms with E-state index in [1.807, 2.05) is 12.1 Å². The third kappa shape index (κ3) is 3.84. The summed E-state index contributed by atoms with van der Waals surface area (Å²) in [5.41, 5.74) is 5.57. The lowest BCUT2D eigenvalue weighted by atomic mass is 10.2. The summed E-state index contributed by atoms with van der Waals surface area (Å²) >= 11 is 9.49. The number of halogens is 2. The minimum absolute atomic E-state index is 0.313. The molecule has 0 amide bonds. The van der Waals surface area contributed by atoms with Gasteiger partial charge in [0.25, 0.3) is 5.56 Å². The fraction of sp³-hybridized carbons (Fsp3) is 0.286. The van der Waals surface area contributed by atoms with Gasteiger partial charge in [-0.2, -0.15) is 0 Å². The van der Waals surface area contributed by atoms with Crippen LogP contribution < -0.4 is 17.0 Å². The molecule has 21 heavy (non-hydrogen) atoms. The van der Waals surface area contributed by atoms with Crippen molar-refractivity contribution in [2.75, 3.05) is 6.54 Å². The van der Waals surface area contributed by atoms with Crippen LogP contribution in [-0.4, -0.2) is 15.7 Å². The molecule has 0 atom stereocenters. The quantitative estimate of drug-likeness (QED) is 0.870. The zero-order chi connectivity index (χ0) is 15.4. The second-order valence-corrected chi connectivity index (χ2v) is 5.92. The summed E-state index contributed by atoms with van der Waals surface area (Å²) in [4.78, 5) is 24.0. The molecule has 0 aliphatic heterocycles. The second kappa shape index (κ2) is 7.06. The molecule has 0 radical (unpaired) electrons. The highest BCUT2D eigenvalue weighted by molar-refractivity contribution is 9.10. The Morgan fingerprint density at radius 1 is 1.24 bits per heavy atom. The molecule has 0 aliphatic carbocycles. The van der Waals surface area contributed by atoms with Gasteiger partial charge in [0, 0.05) is 28.3 Å². The molecule has 0 fully saturated rings. The zero-order valence-corrected chi connectivity index (χ0v) is 13.6. The molecule has 5 nitrogen and oxygen atoms in total. The van der Waals surface area contributed by atoms with Crippen LogP contribution in [0.2, 0.25) is 5.02 Å². The molecule has 2 rings (SSSR count). The van der Waals surface area contributed by atoms with Gasteiger partial charge >= 0.3 is 5.69 Å². The van der Waals surface area contributed by atoms with E-state index in [0.717, 1.165) is 10.0 Å². The van der Waals surface area contributed by atoms with Gasteiger partial charge in [-0.15, -0.1) is 0 Å². The van der Waals surface area contributed by atoms with Gasteiger partial charge in [0.1, 0.15) is 0 Å². The van der Waals surface area contributed by atoms with Gasteiger partial charge in [-0.25, -0.2) is 4.79 Å². The third-order valence-corrected chi connectivity index (χ3v) is 3.93. The number of rotatable bonds is 5. The molecule has 0 spiro atoms. The topological polar surface area (TPSA) is 70.0 Å². The Bertz CT molecular complexity index is 755. The van der Waals surface area contributed by atoms with Crippen LogP contribution in [0.4, 0.5) is 0 Å². The monoisotopic (exact) mass is 371 g/mol. The van der Waals surface area contributed by atoms with E-state index in [2.05, 4.69) is 15.9 Å². The van der Waals surface area contributed by atoms with Crippen LogP contribution in [0.5, 0.6) is 0 Å². The Morgan fingerprint density at radius 2 is 2.00 bits per heavy atom. The Labute approximate surface area is 135 Å². The van der Waals surface area contributed by atoms with Gasteiger partial charge in [0.2, 0.25) is 0 Å². The molecule has 2 N–H and O–H groups in total. The van der Waals surface area contributed by atoms with Crippen LogP contribution in [-0.2, 0) is 13.1 Å². The average Bonchev–Trinajstić information content (AvgIpc) is 2.44. The normalized spacial score (nSPS) is 10.8. The standard InChI is InChI=1S/C14H15BrClN3O2/c15-11-3-2-10(12(16)8-11)9-18-7-4-13(20)19(14(18)21)6-1-5-17/h2-4,7-8H,1,5-6,9,17H2. The smallest absolute Gasteiger partial charge is 0.330 e. The zero-order valence-electron chi connectivity index (χ0n) is 11.3. The van der Waals surface area contributed by atoms with E-state index < -0.39 is 0 Å². The maximum absolute atomic E-state index is 12.3. The van der Waals surface area contributed by atoms with Gasteiger partial charge in [-0.1, -0.05) is 33.6 Å². The Kier molecular flexibility index (Phi) is 5.39. The highest BCUT2D eigenvalue weighted by atomic mass is 79.9. The predicted molar refractivity (Wildman–Crippen MR) is 86.9 cm³/mol. The molecule has 1 heterocycles. The van der Waals surface area contributed by atoms with Gasteiger partial charge in [-0.05, 0) is 30.7 Å². The molecule has 0 unspecified atom stereocenters. The molecule has 0 saturated carbocycles. The van der Waals surface area contributed by atoms with Crippen LogP contribution in [0.15, 0.2) is 44.5 Å². The van der Waals surface area contributed by atoms with Crippen molar-refractivity contribution < 1.29 is 0 Å². The predicted octanol–water partition coefficient (Wildman–Crippen LogP) is 1.82. The van der Waals surface area contributed by atoms with Crippen molar-refractivity contribution in [2.45, 2.75) is 19.5 Å². The second-order valence-electron chi connectivity index (χ2n) is 4.59. The summed E-state index contributed by atoms with van der Waals surface area (Å²) in [7, 11) is 0. The van der Waals surface area contributed by atoms with Crippen LogP contribution in [0, 0.1) is 0 Å². The largest absolute Gasteiger partial charge is 0.331 e. The number of hydrogen-bond acceptors (Lipinski definition) is 3. The minimum atomic E-state index is -0.352. The van der Waals surface area contributed by atoms with Gasteiger partial charge in [0.15, 0.2) is 0 Å². The fourth-order valence-electron chi connectivity index (χ4n) is 1.97. The molecule has 0 bridgehead atoms. The maximum atomic E-state index is 12.3. The van der Waals surface area contributed by atoms with Crippen molar-refractivity contribution in [3.63, 3.8) is 0 Å². The van der Waals surface area contributed by atoms with E-state index in [0.29, 0.717) is 31.1 Å². The molecule has 1 aromatic heterocycles. The van der Waals surface area contributed by atoms with E-state index in [-0.39, 0.29) is 11.2 Å². The third-order valence-electron chi connectivity index (χ3n) is 3.08. The molecular formula is C14H15BrClN3O2. The Morgan fingerprint density at radius 3 is 2.67 bits per heavy atom. The number of hydrogen-bond donors (Lipinski definition) is 1. The molecule has 2 aromatic rings. The number of nitrogens with two attached hydrogens (primary N) is 1. The minimum Gasteiger partial charge on any atom is -0.330 e. The first-order chi connectivity index (χ1) is 10.0. The van der Waals surface area contributed by atoms with Crippen LogP contribution in [0.3, 0.4) is 0 Å². The van der Waals surface area contributed by atoms with E-state index >= 15 is 0 Å². The Hall–Kier alpha value is -1.37. The average molecular weight is 373 g/mol. The van der Waals surface area contributed by atoms with Gasteiger partial charge in [0.05, 0.1) is 6.54 Å². The summed E-state index contributed by atoms with van der Waals surface area (Å²) in [5, 5.41) is 0.566. The number of benzene rings is 1. The molecule has 7 heteroatoms. The molecule has 0 saturated heterocycles. The maximum Gasteiger partial charge on any atom is 0.331 e.